The summed E-state index contributed by atoms with van der Waals surface area (Å²) >= 11 is 0. The molecule has 18 heavy (non-hydrogen) atoms. The van der Waals surface area contributed by atoms with Gasteiger partial charge in [-0.25, -0.2) is 4.39 Å². The van der Waals surface area contributed by atoms with Crippen LogP contribution in [0.1, 0.15) is 36.5 Å². The van der Waals surface area contributed by atoms with Crippen molar-refractivity contribution < 1.29 is 9.18 Å². The van der Waals surface area contributed by atoms with E-state index in [-0.39, 0.29) is 17.0 Å². The largest absolute Gasteiger partial charge is 0.332 e. The number of benzene rings is 1. The van der Waals surface area contributed by atoms with Gasteiger partial charge in [0, 0.05) is 13.1 Å². The first kappa shape index (κ1) is 13.0. The van der Waals surface area contributed by atoms with Crippen molar-refractivity contribution in [3.63, 3.8) is 0 Å². The van der Waals surface area contributed by atoms with Gasteiger partial charge in [0.1, 0.15) is 5.82 Å². The molecule has 2 N–H and O–H groups in total. The average Bonchev–Trinajstić information content (AvgIpc) is 2.39. The van der Waals surface area contributed by atoms with Crippen LogP contribution >= 0.6 is 0 Å². The SMILES string of the molecule is CC1(CN)CCCCN1C(=O)c1ccccc1F. The summed E-state index contributed by atoms with van der Waals surface area (Å²) in [6, 6.07) is 6.12. The third-order valence-electron chi connectivity index (χ3n) is 3.79. The monoisotopic (exact) mass is 250 g/mol. The lowest BCUT2D eigenvalue weighted by molar-refractivity contribution is 0.0398. The van der Waals surface area contributed by atoms with E-state index in [2.05, 4.69) is 0 Å². The Morgan fingerprint density at radius 1 is 1.44 bits per heavy atom. The highest BCUT2D eigenvalue weighted by molar-refractivity contribution is 5.95. The molecule has 0 bridgehead atoms. The van der Waals surface area contributed by atoms with Gasteiger partial charge >= 0.3 is 0 Å². The fraction of sp³-hybridized carbons (Fsp3) is 0.500. The minimum atomic E-state index is -0.465. The molecule has 1 fully saturated rings. The van der Waals surface area contributed by atoms with E-state index in [1.807, 2.05) is 6.92 Å². The summed E-state index contributed by atoms with van der Waals surface area (Å²) in [5, 5.41) is 0. The molecule has 1 amide bonds. The number of carbonyl (C=O) groups is 1. The molecular formula is C14H19FN2O. The lowest BCUT2D eigenvalue weighted by Crippen LogP contribution is -2.56. The maximum absolute atomic E-state index is 13.7. The highest BCUT2D eigenvalue weighted by Gasteiger charge is 2.37. The first-order valence-electron chi connectivity index (χ1n) is 6.35. The summed E-state index contributed by atoms with van der Waals surface area (Å²) in [6.45, 7) is 3.04. The second-order valence-corrected chi connectivity index (χ2v) is 5.09. The van der Waals surface area contributed by atoms with Crippen LogP contribution in [-0.4, -0.2) is 29.4 Å². The summed E-state index contributed by atoms with van der Waals surface area (Å²) in [7, 11) is 0. The molecule has 98 valence electrons. The van der Waals surface area contributed by atoms with Crippen molar-refractivity contribution in [2.24, 2.45) is 5.73 Å². The van der Waals surface area contributed by atoms with Crippen molar-refractivity contribution in [2.75, 3.05) is 13.1 Å². The van der Waals surface area contributed by atoms with Crippen LogP contribution in [0.15, 0.2) is 24.3 Å². The predicted molar refractivity (Wildman–Crippen MR) is 68.7 cm³/mol. The zero-order valence-corrected chi connectivity index (χ0v) is 10.7. The Labute approximate surface area is 107 Å². The van der Waals surface area contributed by atoms with Crippen LogP contribution in [0.4, 0.5) is 4.39 Å². The fourth-order valence-corrected chi connectivity index (χ4v) is 2.52. The summed E-state index contributed by atoms with van der Waals surface area (Å²) < 4.78 is 13.7. The topological polar surface area (TPSA) is 46.3 Å². The van der Waals surface area contributed by atoms with Crippen LogP contribution in [0.25, 0.3) is 0 Å². The Kier molecular flexibility index (Phi) is 3.66. The zero-order valence-electron chi connectivity index (χ0n) is 10.7. The lowest BCUT2D eigenvalue weighted by atomic mass is 9.88. The molecule has 1 aliphatic heterocycles. The number of piperidine rings is 1. The van der Waals surface area contributed by atoms with Gasteiger partial charge in [0.05, 0.1) is 11.1 Å². The van der Waals surface area contributed by atoms with Gasteiger partial charge in [-0.15, -0.1) is 0 Å². The molecule has 0 spiro atoms. The van der Waals surface area contributed by atoms with E-state index in [4.69, 9.17) is 5.73 Å². The number of likely N-dealkylation sites (tertiary alicyclic amines) is 1. The maximum atomic E-state index is 13.7. The number of amides is 1. The van der Waals surface area contributed by atoms with Crippen LogP contribution < -0.4 is 5.73 Å². The molecule has 0 aliphatic carbocycles. The van der Waals surface area contributed by atoms with E-state index in [0.717, 1.165) is 19.3 Å². The van der Waals surface area contributed by atoms with Crippen LogP contribution in [0.2, 0.25) is 0 Å². The van der Waals surface area contributed by atoms with Gasteiger partial charge < -0.3 is 10.6 Å². The number of carbonyl (C=O) groups excluding carboxylic acids is 1. The molecule has 1 aromatic carbocycles. The number of halogens is 1. The van der Waals surface area contributed by atoms with Crippen molar-refractivity contribution in [2.45, 2.75) is 31.7 Å². The molecular weight excluding hydrogens is 231 g/mol. The van der Waals surface area contributed by atoms with Crippen molar-refractivity contribution in [1.29, 1.82) is 0 Å². The third-order valence-corrected chi connectivity index (χ3v) is 3.79. The number of hydrogen-bond acceptors (Lipinski definition) is 2. The molecule has 3 nitrogen and oxygen atoms in total. The smallest absolute Gasteiger partial charge is 0.257 e. The Bertz CT molecular complexity index is 449. The van der Waals surface area contributed by atoms with Gasteiger partial charge in [-0.3, -0.25) is 4.79 Å². The number of rotatable bonds is 2. The highest BCUT2D eigenvalue weighted by atomic mass is 19.1. The van der Waals surface area contributed by atoms with Gasteiger partial charge in [-0.05, 0) is 38.3 Å². The molecule has 1 aliphatic rings. The van der Waals surface area contributed by atoms with E-state index < -0.39 is 5.82 Å². The van der Waals surface area contributed by atoms with Crippen molar-refractivity contribution in [3.8, 4) is 0 Å². The second-order valence-electron chi connectivity index (χ2n) is 5.09. The number of nitrogens with two attached hydrogens (primary N) is 1. The van der Waals surface area contributed by atoms with Crippen LogP contribution in [0.5, 0.6) is 0 Å². The maximum Gasteiger partial charge on any atom is 0.257 e. The van der Waals surface area contributed by atoms with Crippen LogP contribution in [0.3, 0.4) is 0 Å². The van der Waals surface area contributed by atoms with Gasteiger partial charge in [0.15, 0.2) is 0 Å². The second kappa shape index (κ2) is 5.06. The summed E-state index contributed by atoms with van der Waals surface area (Å²) in [5.74, 6) is -0.715. The third kappa shape index (κ3) is 2.25. The Hall–Kier alpha value is -1.42. The van der Waals surface area contributed by atoms with E-state index in [1.54, 1.807) is 17.0 Å². The molecule has 1 aromatic rings. The molecule has 0 saturated carbocycles. The van der Waals surface area contributed by atoms with Crippen molar-refractivity contribution in [3.05, 3.63) is 35.6 Å². The summed E-state index contributed by atoms with van der Waals surface area (Å²) in [5.41, 5.74) is 5.58. The molecule has 2 rings (SSSR count). The van der Waals surface area contributed by atoms with Gasteiger partial charge in [0.2, 0.25) is 0 Å². The fourth-order valence-electron chi connectivity index (χ4n) is 2.52. The quantitative estimate of drug-likeness (QED) is 0.874. The average molecular weight is 250 g/mol. The van der Waals surface area contributed by atoms with E-state index in [9.17, 15) is 9.18 Å². The van der Waals surface area contributed by atoms with Crippen molar-refractivity contribution >= 4 is 5.91 Å². The first-order valence-corrected chi connectivity index (χ1v) is 6.35. The zero-order chi connectivity index (χ0) is 13.2. The minimum absolute atomic E-state index is 0.138. The molecule has 0 aromatic heterocycles. The summed E-state index contributed by atoms with van der Waals surface area (Å²) in [6.07, 6.45) is 2.90. The Morgan fingerprint density at radius 2 is 2.17 bits per heavy atom. The molecule has 1 heterocycles. The standard InChI is InChI=1S/C14H19FN2O/c1-14(10-16)8-4-5-9-17(14)13(18)11-6-2-3-7-12(11)15/h2-3,6-7H,4-5,8-10,16H2,1H3. The first-order chi connectivity index (χ1) is 8.58. The molecule has 1 unspecified atom stereocenters. The normalized spacial score (nSPS) is 24.1. The Morgan fingerprint density at radius 3 is 2.83 bits per heavy atom. The van der Waals surface area contributed by atoms with Gasteiger partial charge in [0.25, 0.3) is 5.91 Å². The van der Waals surface area contributed by atoms with Gasteiger partial charge in [-0.1, -0.05) is 12.1 Å². The minimum Gasteiger partial charge on any atom is -0.332 e. The number of nitrogens with zero attached hydrogens (tertiary/aromatic N) is 1. The van der Waals surface area contributed by atoms with Crippen LogP contribution in [0, 0.1) is 5.82 Å². The lowest BCUT2D eigenvalue weighted by Gasteiger charge is -2.44. The van der Waals surface area contributed by atoms with Crippen molar-refractivity contribution in [1.82, 2.24) is 4.90 Å². The van der Waals surface area contributed by atoms with Gasteiger partial charge in [-0.2, -0.15) is 0 Å². The van der Waals surface area contributed by atoms with E-state index in [0.29, 0.717) is 13.1 Å². The van der Waals surface area contributed by atoms with Crippen LogP contribution in [-0.2, 0) is 0 Å². The molecule has 1 atom stereocenters. The molecule has 0 radical (unpaired) electrons. The molecule has 4 heteroatoms. The predicted octanol–water partition coefficient (Wildman–Crippen LogP) is 2.17. The molecule has 1 saturated heterocycles. The van der Waals surface area contributed by atoms with E-state index >= 15 is 0 Å². The Balaban J connectivity index is 2.30. The highest BCUT2D eigenvalue weighted by Crippen LogP contribution is 2.28. The summed E-state index contributed by atoms with van der Waals surface area (Å²) in [4.78, 5) is 14.2. The number of hydrogen-bond donors (Lipinski definition) is 1. The van der Waals surface area contributed by atoms with E-state index in [1.165, 1.54) is 12.1 Å².